The van der Waals surface area contributed by atoms with E-state index in [2.05, 4.69) is 34.4 Å². The van der Waals surface area contributed by atoms with Crippen molar-refractivity contribution in [2.45, 2.75) is 39.9 Å². The quantitative estimate of drug-likeness (QED) is 0.855. The van der Waals surface area contributed by atoms with Gasteiger partial charge in [0, 0.05) is 35.7 Å². The van der Waals surface area contributed by atoms with Gasteiger partial charge >= 0.3 is 0 Å². The van der Waals surface area contributed by atoms with Gasteiger partial charge in [-0.15, -0.1) is 0 Å². The molecule has 0 aliphatic heterocycles. The summed E-state index contributed by atoms with van der Waals surface area (Å²) in [7, 11) is 0. The number of carbonyl (C=O) groups excluding carboxylic acids is 1. The van der Waals surface area contributed by atoms with Gasteiger partial charge in [0.2, 0.25) is 0 Å². The minimum Gasteiger partial charge on any atom is -0.379 e. The fourth-order valence-electron chi connectivity index (χ4n) is 2.23. The maximum atomic E-state index is 12.0. The van der Waals surface area contributed by atoms with Gasteiger partial charge in [-0.05, 0) is 51.1 Å². The number of aromatic nitrogens is 1. The van der Waals surface area contributed by atoms with E-state index < -0.39 is 0 Å². The fourth-order valence-corrected chi connectivity index (χ4v) is 2.23. The van der Waals surface area contributed by atoms with Crippen LogP contribution < -0.4 is 10.6 Å². The zero-order valence-electron chi connectivity index (χ0n) is 12.9. The lowest BCUT2D eigenvalue weighted by atomic mass is 10.1. The lowest BCUT2D eigenvalue weighted by molar-refractivity contribution is 0.0943. The minimum atomic E-state index is -0.0365. The molecule has 21 heavy (non-hydrogen) atoms. The van der Waals surface area contributed by atoms with Crippen molar-refractivity contribution in [2.24, 2.45) is 0 Å². The molecule has 0 radical (unpaired) electrons. The van der Waals surface area contributed by atoms with Crippen LogP contribution in [0.5, 0.6) is 0 Å². The molecule has 0 fully saturated rings. The number of amides is 1. The third-order valence-corrected chi connectivity index (χ3v) is 3.28. The van der Waals surface area contributed by atoms with E-state index in [-0.39, 0.29) is 11.9 Å². The Morgan fingerprint density at radius 2 is 2.05 bits per heavy atom. The summed E-state index contributed by atoms with van der Waals surface area (Å²) < 4.78 is 2.20. The molecule has 2 N–H and O–H groups in total. The Hall–Kier alpha value is -2.23. The second-order valence-electron chi connectivity index (χ2n) is 5.35. The first kappa shape index (κ1) is 15.2. The molecule has 1 aromatic carbocycles. The van der Waals surface area contributed by atoms with Crippen molar-refractivity contribution in [2.75, 3.05) is 5.32 Å². The number of aryl methyl sites for hydroxylation is 1. The van der Waals surface area contributed by atoms with Gasteiger partial charge < -0.3 is 15.2 Å². The van der Waals surface area contributed by atoms with Crippen molar-refractivity contribution >= 4 is 11.6 Å². The van der Waals surface area contributed by atoms with E-state index in [0.29, 0.717) is 5.56 Å². The highest BCUT2D eigenvalue weighted by molar-refractivity contribution is 5.95. The summed E-state index contributed by atoms with van der Waals surface area (Å²) in [4.78, 5) is 12.0. The number of carbonyl (C=O) groups is 1. The molecule has 0 spiro atoms. The van der Waals surface area contributed by atoms with Crippen LogP contribution in [0.1, 0.15) is 36.8 Å². The SMILES string of the molecule is CCn1cccc1CNc1cccc(C(=O)NC(C)C)c1. The van der Waals surface area contributed by atoms with Crippen LogP contribution in [0.3, 0.4) is 0 Å². The summed E-state index contributed by atoms with van der Waals surface area (Å²) in [6.45, 7) is 7.75. The van der Waals surface area contributed by atoms with Crippen LogP contribution >= 0.6 is 0 Å². The van der Waals surface area contributed by atoms with Gasteiger partial charge in [0.05, 0.1) is 6.54 Å². The van der Waals surface area contributed by atoms with E-state index in [4.69, 9.17) is 0 Å². The number of nitrogens with zero attached hydrogens (tertiary/aromatic N) is 1. The van der Waals surface area contributed by atoms with Crippen molar-refractivity contribution in [3.05, 3.63) is 53.9 Å². The van der Waals surface area contributed by atoms with E-state index in [1.54, 1.807) is 0 Å². The van der Waals surface area contributed by atoms with Gasteiger partial charge in [-0.3, -0.25) is 4.79 Å². The third-order valence-electron chi connectivity index (χ3n) is 3.28. The highest BCUT2D eigenvalue weighted by Crippen LogP contribution is 2.13. The van der Waals surface area contributed by atoms with Crippen molar-refractivity contribution in [3.8, 4) is 0 Å². The molecule has 0 unspecified atom stereocenters. The number of anilines is 1. The molecular weight excluding hydrogens is 262 g/mol. The summed E-state index contributed by atoms with van der Waals surface area (Å²) >= 11 is 0. The van der Waals surface area contributed by atoms with Crippen LogP contribution in [0.25, 0.3) is 0 Å². The van der Waals surface area contributed by atoms with Crippen LogP contribution in [-0.2, 0) is 13.1 Å². The highest BCUT2D eigenvalue weighted by atomic mass is 16.1. The first-order valence-electron chi connectivity index (χ1n) is 7.39. The molecule has 4 nitrogen and oxygen atoms in total. The summed E-state index contributed by atoms with van der Waals surface area (Å²) in [5, 5.41) is 6.27. The standard InChI is InChI=1S/C17H23N3O/c1-4-20-10-6-9-16(20)12-18-15-8-5-7-14(11-15)17(21)19-13(2)3/h5-11,13,18H,4,12H2,1-3H3,(H,19,21). The van der Waals surface area contributed by atoms with Gasteiger partial charge in [-0.1, -0.05) is 6.07 Å². The van der Waals surface area contributed by atoms with E-state index in [1.165, 1.54) is 5.69 Å². The highest BCUT2D eigenvalue weighted by Gasteiger charge is 2.07. The normalized spacial score (nSPS) is 10.7. The molecule has 1 amide bonds. The zero-order valence-corrected chi connectivity index (χ0v) is 12.9. The van der Waals surface area contributed by atoms with Gasteiger partial charge in [-0.2, -0.15) is 0 Å². The van der Waals surface area contributed by atoms with Crippen molar-refractivity contribution in [1.29, 1.82) is 0 Å². The Bertz CT molecular complexity index is 602. The molecule has 0 atom stereocenters. The lowest BCUT2D eigenvalue weighted by Gasteiger charge is -2.12. The monoisotopic (exact) mass is 285 g/mol. The maximum Gasteiger partial charge on any atom is 0.251 e. The minimum absolute atomic E-state index is 0.0365. The predicted molar refractivity (Wildman–Crippen MR) is 86.5 cm³/mol. The Kier molecular flexibility index (Phi) is 5.04. The number of nitrogens with one attached hydrogen (secondary N) is 2. The third kappa shape index (κ3) is 4.12. The Morgan fingerprint density at radius 1 is 1.24 bits per heavy atom. The number of rotatable bonds is 6. The van der Waals surface area contributed by atoms with Crippen molar-refractivity contribution < 1.29 is 4.79 Å². The number of benzene rings is 1. The van der Waals surface area contributed by atoms with E-state index >= 15 is 0 Å². The number of hydrogen-bond donors (Lipinski definition) is 2. The van der Waals surface area contributed by atoms with Crippen LogP contribution in [0.4, 0.5) is 5.69 Å². The predicted octanol–water partition coefficient (Wildman–Crippen LogP) is 3.26. The van der Waals surface area contributed by atoms with Crippen molar-refractivity contribution in [1.82, 2.24) is 9.88 Å². The fraction of sp³-hybridized carbons (Fsp3) is 0.353. The van der Waals surface area contributed by atoms with Crippen LogP contribution in [-0.4, -0.2) is 16.5 Å². The van der Waals surface area contributed by atoms with E-state index in [1.807, 2.05) is 44.2 Å². The molecule has 1 aromatic heterocycles. The van der Waals surface area contributed by atoms with Crippen LogP contribution in [0.15, 0.2) is 42.6 Å². The first-order chi connectivity index (χ1) is 10.1. The molecule has 0 aliphatic rings. The largest absolute Gasteiger partial charge is 0.379 e. The molecule has 4 heteroatoms. The molecule has 0 saturated carbocycles. The first-order valence-corrected chi connectivity index (χ1v) is 7.39. The molecule has 1 heterocycles. The van der Waals surface area contributed by atoms with Crippen molar-refractivity contribution in [3.63, 3.8) is 0 Å². The lowest BCUT2D eigenvalue weighted by Crippen LogP contribution is -2.30. The molecule has 0 aliphatic carbocycles. The Balaban J connectivity index is 2.03. The molecule has 2 aromatic rings. The average Bonchev–Trinajstić information content (AvgIpc) is 2.92. The van der Waals surface area contributed by atoms with E-state index in [9.17, 15) is 4.79 Å². The van der Waals surface area contributed by atoms with Crippen LogP contribution in [0, 0.1) is 0 Å². The maximum absolute atomic E-state index is 12.0. The Morgan fingerprint density at radius 3 is 2.76 bits per heavy atom. The summed E-state index contributed by atoms with van der Waals surface area (Å²) in [5.74, 6) is -0.0365. The molecule has 0 bridgehead atoms. The van der Waals surface area contributed by atoms with Gasteiger partial charge in [0.15, 0.2) is 0 Å². The van der Waals surface area contributed by atoms with Gasteiger partial charge in [0.25, 0.3) is 5.91 Å². The van der Waals surface area contributed by atoms with E-state index in [0.717, 1.165) is 18.8 Å². The second kappa shape index (κ2) is 6.97. The van der Waals surface area contributed by atoms with Crippen LogP contribution in [0.2, 0.25) is 0 Å². The topological polar surface area (TPSA) is 46.1 Å². The molecule has 2 rings (SSSR count). The summed E-state index contributed by atoms with van der Waals surface area (Å²) in [6, 6.07) is 11.9. The Labute approximate surface area is 126 Å². The average molecular weight is 285 g/mol. The zero-order chi connectivity index (χ0) is 15.2. The van der Waals surface area contributed by atoms with Gasteiger partial charge in [0.1, 0.15) is 0 Å². The number of hydrogen-bond acceptors (Lipinski definition) is 2. The molecule has 112 valence electrons. The molecular formula is C17H23N3O. The van der Waals surface area contributed by atoms with Gasteiger partial charge in [-0.25, -0.2) is 0 Å². The molecule has 0 saturated heterocycles. The summed E-state index contributed by atoms with van der Waals surface area (Å²) in [6.07, 6.45) is 2.07. The smallest absolute Gasteiger partial charge is 0.251 e. The second-order valence-corrected chi connectivity index (χ2v) is 5.35. The summed E-state index contributed by atoms with van der Waals surface area (Å²) in [5.41, 5.74) is 2.87.